The van der Waals surface area contributed by atoms with E-state index in [9.17, 15) is 4.79 Å². The van der Waals surface area contributed by atoms with Crippen molar-refractivity contribution < 1.29 is 9.53 Å². The number of carbonyl (C=O) groups is 1. The molecule has 2 fully saturated rings. The van der Waals surface area contributed by atoms with Crippen molar-refractivity contribution in [3.63, 3.8) is 0 Å². The average Bonchev–Trinajstić information content (AvgIpc) is 3.33. The first-order chi connectivity index (χ1) is 10.7. The molecule has 7 nitrogen and oxygen atoms in total. The summed E-state index contributed by atoms with van der Waals surface area (Å²) in [6, 6.07) is 0.439. The summed E-state index contributed by atoms with van der Waals surface area (Å²) >= 11 is 0. The molecule has 0 atom stereocenters. The summed E-state index contributed by atoms with van der Waals surface area (Å²) in [5.74, 6) is 0.610. The summed E-state index contributed by atoms with van der Waals surface area (Å²) < 4.78 is 5.32. The van der Waals surface area contributed by atoms with Crippen LogP contribution in [0.3, 0.4) is 0 Å². The Labute approximate surface area is 155 Å². The van der Waals surface area contributed by atoms with Gasteiger partial charge < -0.3 is 21.1 Å². The molecule has 1 aliphatic heterocycles. The standard InChI is InChI=1S/C15H29N5O2.HI/c16-15(17-6-1-3-14(21)19-13-4-5-13)18-7-2-8-20-9-11-22-12-10-20;/h13H,1-12H2,(H,19,21)(H3,16,17,18);1H. The van der Waals surface area contributed by atoms with Gasteiger partial charge in [-0.25, -0.2) is 0 Å². The molecule has 134 valence electrons. The van der Waals surface area contributed by atoms with Crippen molar-refractivity contribution >= 4 is 35.8 Å². The number of ether oxygens (including phenoxy) is 1. The molecule has 1 saturated carbocycles. The molecule has 0 aromatic rings. The van der Waals surface area contributed by atoms with Gasteiger partial charge >= 0.3 is 0 Å². The number of guanidine groups is 1. The normalized spacial score (nSPS) is 19.0. The summed E-state index contributed by atoms with van der Waals surface area (Å²) in [4.78, 5) is 18.1. The van der Waals surface area contributed by atoms with Gasteiger partial charge in [-0.05, 0) is 32.2 Å². The monoisotopic (exact) mass is 439 g/mol. The largest absolute Gasteiger partial charge is 0.379 e. The highest BCUT2D eigenvalue weighted by Crippen LogP contribution is 2.18. The Bertz CT molecular complexity index is 371. The van der Waals surface area contributed by atoms with Gasteiger partial charge in [0, 0.05) is 38.6 Å². The molecular formula is C15H30IN5O2. The van der Waals surface area contributed by atoms with Crippen LogP contribution < -0.4 is 16.4 Å². The fraction of sp³-hybridized carbons (Fsp3) is 0.867. The zero-order valence-electron chi connectivity index (χ0n) is 13.8. The lowest BCUT2D eigenvalue weighted by Gasteiger charge is -2.26. The summed E-state index contributed by atoms with van der Waals surface area (Å²) in [5.41, 5.74) is 5.81. The predicted molar refractivity (Wildman–Crippen MR) is 102 cm³/mol. The van der Waals surface area contributed by atoms with E-state index >= 15 is 0 Å². The van der Waals surface area contributed by atoms with E-state index in [1.54, 1.807) is 0 Å². The van der Waals surface area contributed by atoms with Crippen LogP contribution in [0.2, 0.25) is 0 Å². The smallest absolute Gasteiger partial charge is 0.220 e. The SMILES string of the molecule is I.NC(=NCCCC(=O)NC1CC1)NCCCN1CCOCC1. The number of amides is 1. The van der Waals surface area contributed by atoms with E-state index in [0.717, 1.165) is 65.1 Å². The molecule has 8 heteroatoms. The van der Waals surface area contributed by atoms with Gasteiger partial charge in [-0.1, -0.05) is 0 Å². The molecule has 2 aliphatic rings. The van der Waals surface area contributed by atoms with Gasteiger partial charge in [0.1, 0.15) is 0 Å². The van der Waals surface area contributed by atoms with E-state index in [1.807, 2.05) is 0 Å². The molecule has 0 radical (unpaired) electrons. The second kappa shape index (κ2) is 11.9. The van der Waals surface area contributed by atoms with Crippen molar-refractivity contribution in [2.45, 2.75) is 38.1 Å². The Hall–Kier alpha value is -0.610. The number of aliphatic imine (C=N–C) groups is 1. The van der Waals surface area contributed by atoms with Crippen molar-refractivity contribution in [2.24, 2.45) is 10.7 Å². The second-order valence-corrected chi connectivity index (χ2v) is 5.95. The Balaban J connectivity index is 0.00000264. The summed E-state index contributed by atoms with van der Waals surface area (Å²) in [6.07, 6.45) is 4.58. The maximum Gasteiger partial charge on any atom is 0.220 e. The van der Waals surface area contributed by atoms with E-state index in [2.05, 4.69) is 20.5 Å². The van der Waals surface area contributed by atoms with Crippen LogP contribution in [0.25, 0.3) is 0 Å². The molecule has 2 rings (SSSR count). The van der Waals surface area contributed by atoms with Crippen molar-refractivity contribution in [2.75, 3.05) is 45.9 Å². The van der Waals surface area contributed by atoms with Crippen LogP contribution in [-0.4, -0.2) is 68.7 Å². The highest BCUT2D eigenvalue weighted by Gasteiger charge is 2.22. The van der Waals surface area contributed by atoms with Gasteiger partial charge in [0.25, 0.3) is 0 Å². The molecule has 0 spiro atoms. The Morgan fingerprint density at radius 1 is 1.26 bits per heavy atom. The lowest BCUT2D eigenvalue weighted by atomic mass is 10.3. The van der Waals surface area contributed by atoms with Gasteiger partial charge in [-0.3, -0.25) is 14.7 Å². The van der Waals surface area contributed by atoms with E-state index in [4.69, 9.17) is 10.5 Å². The number of nitrogens with zero attached hydrogens (tertiary/aromatic N) is 2. The minimum absolute atomic E-state index is 0. The van der Waals surface area contributed by atoms with E-state index in [-0.39, 0.29) is 29.9 Å². The molecular weight excluding hydrogens is 409 g/mol. The van der Waals surface area contributed by atoms with Crippen LogP contribution >= 0.6 is 24.0 Å². The predicted octanol–water partition coefficient (Wildman–Crippen LogP) is 0.290. The number of hydrogen-bond acceptors (Lipinski definition) is 4. The first-order valence-electron chi connectivity index (χ1n) is 8.37. The molecule has 1 amide bonds. The Morgan fingerprint density at radius 2 is 2.00 bits per heavy atom. The third-order valence-corrected chi connectivity index (χ3v) is 3.85. The lowest BCUT2D eigenvalue weighted by molar-refractivity contribution is -0.121. The van der Waals surface area contributed by atoms with Gasteiger partial charge in [-0.15, -0.1) is 24.0 Å². The number of carbonyl (C=O) groups excluding carboxylic acids is 1. The fourth-order valence-electron chi connectivity index (χ4n) is 2.37. The third-order valence-electron chi connectivity index (χ3n) is 3.85. The van der Waals surface area contributed by atoms with E-state index < -0.39 is 0 Å². The third kappa shape index (κ3) is 9.98. The topological polar surface area (TPSA) is 92.0 Å². The highest BCUT2D eigenvalue weighted by molar-refractivity contribution is 14.0. The van der Waals surface area contributed by atoms with Crippen LogP contribution in [0.4, 0.5) is 0 Å². The van der Waals surface area contributed by atoms with Crippen LogP contribution in [0.5, 0.6) is 0 Å². The molecule has 1 saturated heterocycles. The fourth-order valence-corrected chi connectivity index (χ4v) is 2.37. The molecule has 4 N–H and O–H groups in total. The maximum absolute atomic E-state index is 11.5. The summed E-state index contributed by atoms with van der Waals surface area (Å²) in [7, 11) is 0. The summed E-state index contributed by atoms with van der Waals surface area (Å²) in [6.45, 7) is 6.20. The van der Waals surface area contributed by atoms with E-state index in [1.165, 1.54) is 0 Å². The Kier molecular flexibility index (Phi) is 10.5. The number of rotatable bonds is 9. The van der Waals surface area contributed by atoms with Crippen molar-refractivity contribution in [3.05, 3.63) is 0 Å². The number of morpholine rings is 1. The molecule has 0 unspecified atom stereocenters. The average molecular weight is 439 g/mol. The first kappa shape index (κ1) is 20.4. The number of hydrogen-bond donors (Lipinski definition) is 3. The van der Waals surface area contributed by atoms with Gasteiger partial charge in [0.15, 0.2) is 5.96 Å². The maximum atomic E-state index is 11.5. The van der Waals surface area contributed by atoms with Crippen molar-refractivity contribution in [1.82, 2.24) is 15.5 Å². The number of nitrogens with one attached hydrogen (secondary N) is 2. The second-order valence-electron chi connectivity index (χ2n) is 5.95. The van der Waals surface area contributed by atoms with Crippen molar-refractivity contribution in [1.29, 1.82) is 0 Å². The zero-order valence-corrected chi connectivity index (χ0v) is 16.1. The van der Waals surface area contributed by atoms with Crippen LogP contribution in [-0.2, 0) is 9.53 Å². The highest BCUT2D eigenvalue weighted by atomic mass is 127. The van der Waals surface area contributed by atoms with Gasteiger partial charge in [0.2, 0.25) is 5.91 Å². The van der Waals surface area contributed by atoms with Crippen LogP contribution in [0, 0.1) is 0 Å². The quantitative estimate of drug-likeness (QED) is 0.208. The number of nitrogens with two attached hydrogens (primary N) is 1. The Morgan fingerprint density at radius 3 is 2.70 bits per heavy atom. The summed E-state index contributed by atoms with van der Waals surface area (Å²) in [5, 5.41) is 6.09. The van der Waals surface area contributed by atoms with Gasteiger partial charge in [0.05, 0.1) is 13.2 Å². The van der Waals surface area contributed by atoms with Gasteiger partial charge in [-0.2, -0.15) is 0 Å². The molecule has 0 bridgehead atoms. The zero-order chi connectivity index (χ0) is 15.6. The molecule has 1 aliphatic carbocycles. The number of halogens is 1. The molecule has 0 aromatic carbocycles. The minimum atomic E-state index is 0. The lowest BCUT2D eigenvalue weighted by Crippen LogP contribution is -2.39. The molecule has 0 aromatic heterocycles. The molecule has 1 heterocycles. The molecule has 23 heavy (non-hydrogen) atoms. The van der Waals surface area contributed by atoms with Crippen molar-refractivity contribution in [3.8, 4) is 0 Å². The van der Waals surface area contributed by atoms with Crippen LogP contribution in [0.1, 0.15) is 32.1 Å². The van der Waals surface area contributed by atoms with E-state index in [0.29, 0.717) is 25.0 Å². The van der Waals surface area contributed by atoms with Crippen LogP contribution in [0.15, 0.2) is 4.99 Å². The first-order valence-corrected chi connectivity index (χ1v) is 8.37. The minimum Gasteiger partial charge on any atom is -0.379 e.